The molecule has 15 heavy (non-hydrogen) atoms. The van der Waals surface area contributed by atoms with Crippen LogP contribution < -0.4 is 4.90 Å². The number of hydrogen-bond acceptors (Lipinski definition) is 2. The van der Waals surface area contributed by atoms with Gasteiger partial charge in [-0.05, 0) is 26.7 Å². The van der Waals surface area contributed by atoms with E-state index in [-0.39, 0.29) is 0 Å². The summed E-state index contributed by atoms with van der Waals surface area (Å²) in [6, 6.07) is 0.534. The van der Waals surface area contributed by atoms with Crippen molar-refractivity contribution >= 4 is 21.9 Å². The van der Waals surface area contributed by atoms with Crippen LogP contribution in [0.3, 0.4) is 0 Å². The van der Waals surface area contributed by atoms with Crippen molar-refractivity contribution in [3.8, 4) is 0 Å². The van der Waals surface area contributed by atoms with Crippen molar-refractivity contribution in [2.45, 2.75) is 44.1 Å². The monoisotopic (exact) mass is 271 g/mol. The Labute approximate surface area is 99.6 Å². The van der Waals surface area contributed by atoms with Gasteiger partial charge in [0.1, 0.15) is 0 Å². The second-order valence-corrected chi connectivity index (χ2v) is 5.28. The summed E-state index contributed by atoms with van der Waals surface area (Å²) in [5.74, 6) is 1.12. The number of halogens is 1. The van der Waals surface area contributed by atoms with Crippen molar-refractivity contribution in [1.29, 1.82) is 0 Å². The molecule has 0 aliphatic carbocycles. The fourth-order valence-corrected chi connectivity index (χ4v) is 2.80. The number of piperidine rings is 1. The molecule has 1 aromatic rings. The molecule has 1 aliphatic heterocycles. The highest BCUT2D eigenvalue weighted by atomic mass is 79.9. The second kappa shape index (κ2) is 4.56. The van der Waals surface area contributed by atoms with Gasteiger partial charge in [-0.1, -0.05) is 15.9 Å². The topological polar surface area (TPSA) is 21.1 Å². The first-order valence-corrected chi connectivity index (χ1v) is 6.57. The van der Waals surface area contributed by atoms with Crippen molar-refractivity contribution in [3.05, 3.63) is 12.4 Å². The Hall–Kier alpha value is -0.510. The number of nitrogens with zero attached hydrogens (tertiary/aromatic N) is 3. The Bertz CT molecular complexity index is 323. The molecule has 4 heteroatoms. The highest BCUT2D eigenvalue weighted by molar-refractivity contribution is 9.09. The minimum atomic E-state index is 0.534. The fraction of sp³-hybridized carbons (Fsp3) is 0.727. The molecular weight excluding hydrogens is 254 g/mol. The minimum Gasteiger partial charge on any atom is -0.338 e. The van der Waals surface area contributed by atoms with E-state index in [0.717, 1.165) is 19.0 Å². The predicted octanol–water partition coefficient (Wildman–Crippen LogP) is 2.66. The van der Waals surface area contributed by atoms with Crippen molar-refractivity contribution < 1.29 is 0 Å². The average molecular weight is 272 g/mol. The van der Waals surface area contributed by atoms with E-state index in [1.165, 1.54) is 12.8 Å². The highest BCUT2D eigenvalue weighted by Crippen LogP contribution is 2.27. The van der Waals surface area contributed by atoms with Crippen molar-refractivity contribution in [1.82, 2.24) is 9.55 Å². The minimum absolute atomic E-state index is 0.534. The van der Waals surface area contributed by atoms with Crippen LogP contribution in [0.5, 0.6) is 0 Å². The maximum Gasteiger partial charge on any atom is 0.205 e. The Morgan fingerprint density at radius 1 is 1.60 bits per heavy atom. The summed E-state index contributed by atoms with van der Waals surface area (Å²) in [5.41, 5.74) is 0. The summed E-state index contributed by atoms with van der Waals surface area (Å²) >= 11 is 3.75. The lowest BCUT2D eigenvalue weighted by atomic mass is 10.0. The number of aryl methyl sites for hydroxylation is 1. The first kappa shape index (κ1) is 11.0. The van der Waals surface area contributed by atoms with Gasteiger partial charge in [-0.25, -0.2) is 4.98 Å². The van der Waals surface area contributed by atoms with Crippen LogP contribution in [0.15, 0.2) is 12.4 Å². The third-order valence-electron chi connectivity index (χ3n) is 3.19. The molecule has 2 unspecified atom stereocenters. The largest absolute Gasteiger partial charge is 0.338 e. The second-order valence-electron chi connectivity index (χ2n) is 4.11. The number of anilines is 1. The van der Waals surface area contributed by atoms with E-state index in [1.807, 2.05) is 6.20 Å². The molecular formula is C11H18BrN3. The SMILES string of the molecule is CCn1ccnc1N1CCCC(Br)C1C. The number of hydrogen-bond donors (Lipinski definition) is 0. The van der Waals surface area contributed by atoms with E-state index >= 15 is 0 Å². The van der Waals surface area contributed by atoms with Crippen LogP contribution in [0, 0.1) is 0 Å². The van der Waals surface area contributed by atoms with Crippen LogP contribution in [0.2, 0.25) is 0 Å². The Kier molecular flexibility index (Phi) is 3.34. The van der Waals surface area contributed by atoms with Gasteiger partial charge in [-0.2, -0.15) is 0 Å². The molecule has 2 heterocycles. The first-order chi connectivity index (χ1) is 7.24. The molecule has 0 N–H and O–H groups in total. The third-order valence-corrected chi connectivity index (χ3v) is 4.41. The van der Waals surface area contributed by atoms with Gasteiger partial charge in [0.25, 0.3) is 0 Å². The number of imidazole rings is 1. The smallest absolute Gasteiger partial charge is 0.205 e. The van der Waals surface area contributed by atoms with E-state index in [4.69, 9.17) is 0 Å². The number of rotatable bonds is 2. The van der Waals surface area contributed by atoms with Crippen LogP contribution in [0.25, 0.3) is 0 Å². The molecule has 0 radical (unpaired) electrons. The molecule has 1 saturated heterocycles. The van der Waals surface area contributed by atoms with Gasteiger partial charge >= 0.3 is 0 Å². The van der Waals surface area contributed by atoms with Gasteiger partial charge in [-0.3, -0.25) is 0 Å². The summed E-state index contributed by atoms with van der Waals surface area (Å²) in [5, 5.41) is 0. The van der Waals surface area contributed by atoms with Gasteiger partial charge in [-0.15, -0.1) is 0 Å². The Morgan fingerprint density at radius 2 is 2.40 bits per heavy atom. The molecule has 1 fully saturated rings. The molecule has 1 aromatic heterocycles. The molecule has 1 aliphatic rings. The summed E-state index contributed by atoms with van der Waals surface area (Å²) in [6.45, 7) is 6.55. The van der Waals surface area contributed by atoms with E-state index in [2.05, 4.69) is 50.4 Å². The third kappa shape index (κ3) is 2.05. The normalized spacial score (nSPS) is 27.0. The average Bonchev–Trinajstić information content (AvgIpc) is 2.70. The summed E-state index contributed by atoms with van der Waals surface area (Å²) < 4.78 is 2.21. The van der Waals surface area contributed by atoms with Crippen molar-refractivity contribution in [3.63, 3.8) is 0 Å². The first-order valence-electron chi connectivity index (χ1n) is 5.66. The van der Waals surface area contributed by atoms with Crippen LogP contribution in [-0.4, -0.2) is 27.0 Å². The van der Waals surface area contributed by atoms with Crippen LogP contribution in [-0.2, 0) is 6.54 Å². The van der Waals surface area contributed by atoms with Crippen LogP contribution in [0.4, 0.5) is 5.95 Å². The van der Waals surface area contributed by atoms with Gasteiger partial charge in [0, 0.05) is 36.4 Å². The summed E-state index contributed by atoms with van der Waals surface area (Å²) in [6.07, 6.45) is 6.46. The van der Waals surface area contributed by atoms with E-state index in [0.29, 0.717) is 10.9 Å². The van der Waals surface area contributed by atoms with Crippen molar-refractivity contribution in [2.24, 2.45) is 0 Å². The zero-order valence-electron chi connectivity index (χ0n) is 9.36. The lowest BCUT2D eigenvalue weighted by Crippen LogP contribution is -2.45. The number of aromatic nitrogens is 2. The van der Waals surface area contributed by atoms with Gasteiger partial charge < -0.3 is 9.47 Å². The van der Waals surface area contributed by atoms with E-state index in [9.17, 15) is 0 Å². The van der Waals surface area contributed by atoms with Gasteiger partial charge in [0.15, 0.2) is 0 Å². The molecule has 84 valence electrons. The maximum atomic E-state index is 4.46. The zero-order chi connectivity index (χ0) is 10.8. The van der Waals surface area contributed by atoms with Crippen LogP contribution in [0.1, 0.15) is 26.7 Å². The Morgan fingerprint density at radius 3 is 3.13 bits per heavy atom. The predicted molar refractivity (Wildman–Crippen MR) is 66.7 cm³/mol. The number of alkyl halides is 1. The van der Waals surface area contributed by atoms with Crippen LogP contribution >= 0.6 is 15.9 Å². The lowest BCUT2D eigenvalue weighted by molar-refractivity contribution is 0.487. The Balaban J connectivity index is 2.22. The standard InChI is InChI=1S/C11H18BrN3/c1-3-14-8-6-13-11(14)15-7-4-5-10(12)9(15)2/h6,8-10H,3-5,7H2,1-2H3. The molecule has 2 rings (SSSR count). The lowest BCUT2D eigenvalue weighted by Gasteiger charge is -2.37. The summed E-state index contributed by atoms with van der Waals surface area (Å²) in [4.78, 5) is 7.46. The highest BCUT2D eigenvalue weighted by Gasteiger charge is 2.28. The van der Waals surface area contributed by atoms with Crippen molar-refractivity contribution in [2.75, 3.05) is 11.4 Å². The van der Waals surface area contributed by atoms with Gasteiger partial charge in [0.2, 0.25) is 5.95 Å². The fourth-order valence-electron chi connectivity index (χ4n) is 2.19. The van der Waals surface area contributed by atoms with E-state index in [1.54, 1.807) is 0 Å². The maximum absolute atomic E-state index is 4.46. The molecule has 0 bridgehead atoms. The molecule has 0 amide bonds. The molecule has 2 atom stereocenters. The van der Waals surface area contributed by atoms with E-state index < -0.39 is 0 Å². The molecule has 0 spiro atoms. The molecule has 0 saturated carbocycles. The zero-order valence-corrected chi connectivity index (χ0v) is 10.9. The molecule has 3 nitrogen and oxygen atoms in total. The quantitative estimate of drug-likeness (QED) is 0.772. The molecule has 0 aromatic carbocycles. The van der Waals surface area contributed by atoms with Gasteiger partial charge in [0.05, 0.1) is 0 Å². The summed E-state index contributed by atoms with van der Waals surface area (Å²) in [7, 11) is 0.